The fourth-order valence-electron chi connectivity index (χ4n) is 1.34. The monoisotopic (exact) mass is 259 g/mol. The molecule has 14 heavy (non-hydrogen) atoms. The van der Waals surface area contributed by atoms with E-state index in [1.54, 1.807) is 6.33 Å². The molecule has 0 radical (unpaired) electrons. The first-order valence-electron chi connectivity index (χ1n) is 5.08. The molecule has 0 N–H and O–H groups in total. The van der Waals surface area contributed by atoms with E-state index in [1.807, 2.05) is 4.68 Å². The lowest BCUT2D eigenvalue weighted by Gasteiger charge is -2.24. The molecule has 0 spiro atoms. The van der Waals surface area contributed by atoms with Crippen LogP contribution in [0.5, 0.6) is 0 Å². The SMILES string of the molecule is CCn1ncnc1CC(C)(CC)CBr. The van der Waals surface area contributed by atoms with Crippen molar-refractivity contribution < 1.29 is 0 Å². The average Bonchev–Trinajstić information content (AvgIpc) is 2.65. The largest absolute Gasteiger partial charge is 0.250 e. The van der Waals surface area contributed by atoms with Crippen molar-refractivity contribution in [1.29, 1.82) is 0 Å². The predicted octanol–water partition coefficient (Wildman–Crippen LogP) is 2.65. The number of rotatable bonds is 5. The van der Waals surface area contributed by atoms with Crippen molar-refractivity contribution in [3.05, 3.63) is 12.2 Å². The van der Waals surface area contributed by atoms with Crippen molar-refractivity contribution in [3.8, 4) is 0 Å². The fourth-order valence-corrected chi connectivity index (χ4v) is 1.93. The van der Waals surface area contributed by atoms with Crippen molar-refractivity contribution in [2.24, 2.45) is 5.41 Å². The highest BCUT2D eigenvalue weighted by Crippen LogP contribution is 2.27. The van der Waals surface area contributed by atoms with Gasteiger partial charge in [0.25, 0.3) is 0 Å². The van der Waals surface area contributed by atoms with Gasteiger partial charge in [-0.2, -0.15) is 5.10 Å². The molecular weight excluding hydrogens is 242 g/mol. The minimum atomic E-state index is 0.292. The Balaban J connectivity index is 2.76. The van der Waals surface area contributed by atoms with Gasteiger partial charge in [0, 0.05) is 18.3 Å². The van der Waals surface area contributed by atoms with Crippen LogP contribution in [-0.4, -0.2) is 20.1 Å². The van der Waals surface area contributed by atoms with Gasteiger partial charge in [0.15, 0.2) is 0 Å². The van der Waals surface area contributed by atoms with E-state index < -0.39 is 0 Å². The second kappa shape index (κ2) is 4.91. The van der Waals surface area contributed by atoms with Gasteiger partial charge in [0.1, 0.15) is 12.2 Å². The summed E-state index contributed by atoms with van der Waals surface area (Å²) in [6, 6.07) is 0. The van der Waals surface area contributed by atoms with Crippen LogP contribution in [0.15, 0.2) is 6.33 Å². The van der Waals surface area contributed by atoms with E-state index >= 15 is 0 Å². The second-order valence-electron chi connectivity index (χ2n) is 3.97. The molecular formula is C10H18BrN3. The molecule has 1 unspecified atom stereocenters. The zero-order chi connectivity index (χ0) is 10.6. The summed E-state index contributed by atoms with van der Waals surface area (Å²) >= 11 is 3.57. The van der Waals surface area contributed by atoms with Gasteiger partial charge >= 0.3 is 0 Å². The van der Waals surface area contributed by atoms with Crippen LogP contribution >= 0.6 is 15.9 Å². The maximum atomic E-state index is 4.30. The lowest BCUT2D eigenvalue weighted by Crippen LogP contribution is -2.23. The zero-order valence-corrected chi connectivity index (χ0v) is 10.7. The summed E-state index contributed by atoms with van der Waals surface area (Å²) in [5.74, 6) is 1.09. The van der Waals surface area contributed by atoms with Crippen LogP contribution in [0.4, 0.5) is 0 Å². The molecule has 4 heteroatoms. The van der Waals surface area contributed by atoms with Crippen molar-refractivity contribution in [1.82, 2.24) is 14.8 Å². The Hall–Kier alpha value is -0.380. The molecule has 1 rings (SSSR count). The summed E-state index contributed by atoms with van der Waals surface area (Å²) in [5, 5.41) is 5.18. The molecule has 0 amide bonds. The molecule has 0 aliphatic rings. The van der Waals surface area contributed by atoms with Gasteiger partial charge in [-0.1, -0.05) is 29.8 Å². The number of aromatic nitrogens is 3. The molecule has 1 aromatic rings. The zero-order valence-electron chi connectivity index (χ0n) is 9.13. The average molecular weight is 260 g/mol. The van der Waals surface area contributed by atoms with Crippen molar-refractivity contribution in [2.75, 3.05) is 5.33 Å². The van der Waals surface area contributed by atoms with E-state index in [4.69, 9.17) is 0 Å². The van der Waals surface area contributed by atoms with Crippen LogP contribution in [-0.2, 0) is 13.0 Å². The molecule has 0 aliphatic carbocycles. The number of hydrogen-bond acceptors (Lipinski definition) is 2. The number of nitrogens with zero attached hydrogens (tertiary/aromatic N) is 3. The number of halogens is 1. The highest BCUT2D eigenvalue weighted by molar-refractivity contribution is 9.09. The Bertz CT molecular complexity index is 279. The molecule has 1 atom stereocenters. The van der Waals surface area contributed by atoms with Crippen LogP contribution in [0.1, 0.15) is 33.0 Å². The molecule has 3 nitrogen and oxygen atoms in total. The molecule has 0 fully saturated rings. The third kappa shape index (κ3) is 2.56. The van der Waals surface area contributed by atoms with E-state index in [0.29, 0.717) is 5.41 Å². The Morgan fingerprint density at radius 1 is 1.50 bits per heavy atom. The third-order valence-corrected chi connectivity index (χ3v) is 4.11. The minimum Gasteiger partial charge on any atom is -0.250 e. The maximum Gasteiger partial charge on any atom is 0.138 e. The summed E-state index contributed by atoms with van der Waals surface area (Å²) in [4.78, 5) is 4.30. The van der Waals surface area contributed by atoms with Gasteiger partial charge < -0.3 is 0 Å². The maximum absolute atomic E-state index is 4.30. The molecule has 0 saturated carbocycles. The predicted molar refractivity (Wildman–Crippen MR) is 61.6 cm³/mol. The first-order chi connectivity index (χ1) is 6.65. The van der Waals surface area contributed by atoms with Crippen LogP contribution in [0.2, 0.25) is 0 Å². The summed E-state index contributed by atoms with van der Waals surface area (Å²) in [6.07, 6.45) is 3.78. The summed E-state index contributed by atoms with van der Waals surface area (Å²) < 4.78 is 1.97. The Labute approximate surface area is 94.0 Å². The van der Waals surface area contributed by atoms with Gasteiger partial charge in [0.05, 0.1) is 0 Å². The first kappa shape index (κ1) is 11.7. The number of aryl methyl sites for hydroxylation is 1. The van der Waals surface area contributed by atoms with E-state index in [-0.39, 0.29) is 0 Å². The van der Waals surface area contributed by atoms with Crippen LogP contribution in [0, 0.1) is 5.41 Å². The minimum absolute atomic E-state index is 0.292. The molecule has 80 valence electrons. The molecule has 1 aromatic heterocycles. The van der Waals surface area contributed by atoms with Crippen LogP contribution < -0.4 is 0 Å². The van der Waals surface area contributed by atoms with Gasteiger partial charge in [-0.15, -0.1) is 0 Å². The van der Waals surface area contributed by atoms with Gasteiger partial charge in [-0.05, 0) is 18.8 Å². The quantitative estimate of drug-likeness (QED) is 0.762. The smallest absolute Gasteiger partial charge is 0.138 e. The summed E-state index contributed by atoms with van der Waals surface area (Å²) in [7, 11) is 0. The number of alkyl halides is 1. The second-order valence-corrected chi connectivity index (χ2v) is 4.53. The van der Waals surface area contributed by atoms with Crippen molar-refractivity contribution in [3.63, 3.8) is 0 Å². The van der Waals surface area contributed by atoms with Crippen molar-refractivity contribution in [2.45, 2.75) is 40.2 Å². The first-order valence-corrected chi connectivity index (χ1v) is 6.20. The lowest BCUT2D eigenvalue weighted by molar-refractivity contribution is 0.344. The standard InChI is InChI=1S/C10H18BrN3/c1-4-10(3,7-11)6-9-12-8-13-14(9)5-2/h8H,4-7H2,1-3H3. The highest BCUT2D eigenvalue weighted by Gasteiger charge is 2.23. The molecule has 0 bridgehead atoms. The highest BCUT2D eigenvalue weighted by atomic mass is 79.9. The lowest BCUT2D eigenvalue weighted by atomic mass is 9.86. The van der Waals surface area contributed by atoms with E-state index in [2.05, 4.69) is 46.8 Å². The van der Waals surface area contributed by atoms with Gasteiger partial charge in [-0.25, -0.2) is 4.98 Å². The van der Waals surface area contributed by atoms with E-state index in [9.17, 15) is 0 Å². The Morgan fingerprint density at radius 3 is 2.71 bits per heavy atom. The molecule has 0 aliphatic heterocycles. The van der Waals surface area contributed by atoms with E-state index in [0.717, 1.165) is 30.5 Å². The van der Waals surface area contributed by atoms with Crippen LogP contribution in [0.3, 0.4) is 0 Å². The Kier molecular flexibility index (Phi) is 4.11. The number of hydrogen-bond donors (Lipinski definition) is 0. The fraction of sp³-hybridized carbons (Fsp3) is 0.800. The topological polar surface area (TPSA) is 30.7 Å². The molecule has 0 saturated heterocycles. The summed E-state index contributed by atoms with van der Waals surface area (Å²) in [5.41, 5.74) is 0.292. The Morgan fingerprint density at radius 2 is 2.21 bits per heavy atom. The third-order valence-electron chi connectivity index (χ3n) is 2.76. The molecule has 1 heterocycles. The van der Waals surface area contributed by atoms with Crippen LogP contribution in [0.25, 0.3) is 0 Å². The summed E-state index contributed by atoms with van der Waals surface area (Å²) in [6.45, 7) is 7.48. The van der Waals surface area contributed by atoms with Gasteiger partial charge in [-0.3, -0.25) is 4.68 Å². The molecule has 0 aromatic carbocycles. The van der Waals surface area contributed by atoms with Gasteiger partial charge in [0.2, 0.25) is 0 Å². The van der Waals surface area contributed by atoms with Crippen molar-refractivity contribution >= 4 is 15.9 Å². The normalized spacial score (nSPS) is 15.4. The van der Waals surface area contributed by atoms with E-state index in [1.165, 1.54) is 0 Å².